The van der Waals surface area contributed by atoms with Crippen LogP contribution in [0.5, 0.6) is 0 Å². The molecule has 0 spiro atoms. The highest BCUT2D eigenvalue weighted by Crippen LogP contribution is 2.20. The van der Waals surface area contributed by atoms with Crippen molar-refractivity contribution >= 4 is 5.78 Å². The van der Waals surface area contributed by atoms with Crippen LogP contribution in [0.4, 0.5) is 4.39 Å². The van der Waals surface area contributed by atoms with Crippen molar-refractivity contribution in [3.8, 4) is 0 Å². The van der Waals surface area contributed by atoms with Gasteiger partial charge in [-0.05, 0) is 57.3 Å². The number of hydrogen-bond donors (Lipinski definition) is 1. The molecule has 3 heteroatoms. The molecule has 1 aromatic carbocycles. The molecular formula is C15H20FNO. The molecule has 0 amide bonds. The maximum atomic E-state index is 13.6. The summed E-state index contributed by atoms with van der Waals surface area (Å²) in [5.41, 5.74) is 1.19. The zero-order valence-corrected chi connectivity index (χ0v) is 10.8. The van der Waals surface area contributed by atoms with E-state index in [0.717, 1.165) is 37.9 Å². The van der Waals surface area contributed by atoms with Crippen LogP contribution in [0.3, 0.4) is 0 Å². The number of aryl methyl sites for hydroxylation is 1. The minimum atomic E-state index is -0.393. The van der Waals surface area contributed by atoms with Crippen molar-refractivity contribution in [3.63, 3.8) is 0 Å². The Morgan fingerprint density at radius 3 is 2.83 bits per heavy atom. The molecule has 0 aromatic heterocycles. The van der Waals surface area contributed by atoms with Gasteiger partial charge in [-0.15, -0.1) is 0 Å². The Balaban J connectivity index is 1.92. The van der Waals surface area contributed by atoms with Gasteiger partial charge in [0, 0.05) is 6.42 Å². The van der Waals surface area contributed by atoms with Gasteiger partial charge in [0.15, 0.2) is 5.78 Å². The average Bonchev–Trinajstić information content (AvgIpc) is 2.40. The fourth-order valence-corrected chi connectivity index (χ4v) is 2.49. The number of nitrogens with one attached hydrogen (secondary N) is 1. The number of carbonyl (C=O) groups excluding carboxylic acids is 1. The van der Waals surface area contributed by atoms with Crippen LogP contribution < -0.4 is 5.32 Å². The molecule has 2 rings (SSSR count). The Kier molecular flexibility index (Phi) is 4.48. The molecule has 1 heterocycles. The summed E-state index contributed by atoms with van der Waals surface area (Å²) in [5.74, 6) is 0.161. The number of hydrogen-bond acceptors (Lipinski definition) is 2. The highest BCUT2D eigenvalue weighted by Gasteiger charge is 2.17. The molecule has 1 fully saturated rings. The molecule has 0 atom stereocenters. The number of Topliss-reactive ketones (excluding diaryl/α,β-unsaturated/α-hetero) is 1. The van der Waals surface area contributed by atoms with Gasteiger partial charge < -0.3 is 5.32 Å². The molecule has 0 saturated carbocycles. The van der Waals surface area contributed by atoms with Crippen molar-refractivity contribution in [1.82, 2.24) is 5.32 Å². The molecule has 0 radical (unpaired) electrons. The van der Waals surface area contributed by atoms with Gasteiger partial charge in [-0.25, -0.2) is 4.39 Å². The first-order valence-corrected chi connectivity index (χ1v) is 6.67. The minimum Gasteiger partial charge on any atom is -0.317 e. The van der Waals surface area contributed by atoms with E-state index in [2.05, 4.69) is 5.32 Å². The van der Waals surface area contributed by atoms with Crippen molar-refractivity contribution in [3.05, 3.63) is 35.1 Å². The number of benzene rings is 1. The molecule has 0 aliphatic carbocycles. The van der Waals surface area contributed by atoms with Gasteiger partial charge in [0.2, 0.25) is 0 Å². The molecule has 1 aliphatic heterocycles. The predicted octanol–water partition coefficient (Wildman–Crippen LogP) is 3.10. The smallest absolute Gasteiger partial charge is 0.165 e. The second-order valence-corrected chi connectivity index (χ2v) is 5.14. The summed E-state index contributed by atoms with van der Waals surface area (Å²) in [6.45, 7) is 3.96. The minimum absolute atomic E-state index is 0.0604. The lowest BCUT2D eigenvalue weighted by Gasteiger charge is -2.22. The maximum Gasteiger partial charge on any atom is 0.165 e. The van der Waals surface area contributed by atoms with Crippen LogP contribution in [0.25, 0.3) is 0 Å². The van der Waals surface area contributed by atoms with Gasteiger partial charge in [0.25, 0.3) is 0 Å². The van der Waals surface area contributed by atoms with Crippen LogP contribution in [-0.2, 0) is 0 Å². The Labute approximate surface area is 108 Å². The van der Waals surface area contributed by atoms with E-state index < -0.39 is 5.82 Å². The van der Waals surface area contributed by atoms with Crippen LogP contribution >= 0.6 is 0 Å². The van der Waals surface area contributed by atoms with Gasteiger partial charge >= 0.3 is 0 Å². The summed E-state index contributed by atoms with van der Waals surface area (Å²) in [7, 11) is 0. The molecular weight excluding hydrogens is 229 g/mol. The lowest BCUT2D eigenvalue weighted by molar-refractivity contribution is 0.0967. The third kappa shape index (κ3) is 3.39. The number of ketones is 1. The number of halogens is 1. The predicted molar refractivity (Wildman–Crippen MR) is 70.3 cm³/mol. The van der Waals surface area contributed by atoms with Crippen molar-refractivity contribution in [1.29, 1.82) is 0 Å². The Hall–Kier alpha value is -1.22. The molecule has 2 nitrogen and oxygen atoms in total. The van der Waals surface area contributed by atoms with Gasteiger partial charge in [0.1, 0.15) is 5.82 Å². The number of piperidine rings is 1. The molecule has 0 unspecified atom stereocenters. The lowest BCUT2D eigenvalue weighted by atomic mass is 9.91. The standard InChI is InChI=1S/C15H20FNO/c1-11-2-4-14(16)13(10-11)15(18)5-3-12-6-8-17-9-7-12/h2,4,10,12,17H,3,5-9H2,1H3. The van der Waals surface area contributed by atoms with Crippen LogP contribution in [0, 0.1) is 18.7 Å². The third-order valence-electron chi connectivity index (χ3n) is 3.66. The van der Waals surface area contributed by atoms with E-state index in [1.165, 1.54) is 6.07 Å². The van der Waals surface area contributed by atoms with Gasteiger partial charge in [-0.1, -0.05) is 11.6 Å². The second kappa shape index (κ2) is 6.10. The maximum absolute atomic E-state index is 13.6. The Bertz CT molecular complexity index is 425. The quantitative estimate of drug-likeness (QED) is 0.831. The first kappa shape index (κ1) is 13.2. The Morgan fingerprint density at radius 2 is 2.11 bits per heavy atom. The van der Waals surface area contributed by atoms with E-state index in [4.69, 9.17) is 0 Å². The first-order chi connectivity index (χ1) is 8.66. The number of rotatable bonds is 4. The summed E-state index contributed by atoms with van der Waals surface area (Å²) < 4.78 is 13.6. The molecule has 18 heavy (non-hydrogen) atoms. The van der Waals surface area contributed by atoms with E-state index in [9.17, 15) is 9.18 Å². The molecule has 1 aromatic rings. The van der Waals surface area contributed by atoms with Crippen molar-refractivity contribution in [2.24, 2.45) is 5.92 Å². The second-order valence-electron chi connectivity index (χ2n) is 5.14. The largest absolute Gasteiger partial charge is 0.317 e. The normalized spacial score (nSPS) is 16.8. The van der Waals surface area contributed by atoms with Crippen LogP contribution in [0.1, 0.15) is 41.6 Å². The molecule has 1 N–H and O–H groups in total. The fourth-order valence-electron chi connectivity index (χ4n) is 2.49. The summed E-state index contributed by atoms with van der Waals surface area (Å²) in [6, 6.07) is 4.73. The fraction of sp³-hybridized carbons (Fsp3) is 0.533. The van der Waals surface area contributed by atoms with E-state index in [-0.39, 0.29) is 11.3 Å². The third-order valence-corrected chi connectivity index (χ3v) is 3.66. The van der Waals surface area contributed by atoms with Crippen molar-refractivity contribution < 1.29 is 9.18 Å². The summed E-state index contributed by atoms with van der Waals surface area (Å²) >= 11 is 0. The van der Waals surface area contributed by atoms with Gasteiger partial charge in [0.05, 0.1) is 5.56 Å². The molecule has 1 aliphatic rings. The van der Waals surface area contributed by atoms with E-state index >= 15 is 0 Å². The molecule has 0 bridgehead atoms. The van der Waals surface area contributed by atoms with Crippen LogP contribution in [0.2, 0.25) is 0 Å². The lowest BCUT2D eigenvalue weighted by Crippen LogP contribution is -2.28. The Morgan fingerprint density at radius 1 is 1.39 bits per heavy atom. The molecule has 1 saturated heterocycles. The summed E-state index contributed by atoms with van der Waals surface area (Å²) in [5, 5.41) is 3.31. The van der Waals surface area contributed by atoms with Crippen LogP contribution in [0.15, 0.2) is 18.2 Å². The average molecular weight is 249 g/mol. The number of carbonyl (C=O) groups is 1. The highest BCUT2D eigenvalue weighted by molar-refractivity contribution is 5.96. The monoisotopic (exact) mass is 249 g/mol. The highest BCUT2D eigenvalue weighted by atomic mass is 19.1. The van der Waals surface area contributed by atoms with Gasteiger partial charge in [-0.3, -0.25) is 4.79 Å². The summed E-state index contributed by atoms with van der Waals surface area (Å²) in [4.78, 5) is 12.0. The van der Waals surface area contributed by atoms with Gasteiger partial charge in [-0.2, -0.15) is 0 Å². The van der Waals surface area contributed by atoms with Crippen molar-refractivity contribution in [2.45, 2.75) is 32.6 Å². The SMILES string of the molecule is Cc1ccc(F)c(C(=O)CCC2CCNCC2)c1. The molecule has 98 valence electrons. The van der Waals surface area contributed by atoms with Crippen molar-refractivity contribution in [2.75, 3.05) is 13.1 Å². The zero-order valence-electron chi connectivity index (χ0n) is 10.8. The van der Waals surface area contributed by atoms with E-state index in [1.54, 1.807) is 12.1 Å². The topological polar surface area (TPSA) is 29.1 Å². The van der Waals surface area contributed by atoms with Crippen LogP contribution in [-0.4, -0.2) is 18.9 Å². The van der Waals surface area contributed by atoms with E-state index in [1.807, 2.05) is 6.92 Å². The summed E-state index contributed by atoms with van der Waals surface area (Å²) in [6.07, 6.45) is 3.60. The first-order valence-electron chi connectivity index (χ1n) is 6.67. The zero-order chi connectivity index (χ0) is 13.0. The van der Waals surface area contributed by atoms with E-state index in [0.29, 0.717) is 12.3 Å².